The molecule has 8 nitrogen and oxygen atoms in total. The Morgan fingerprint density at radius 1 is 1.27 bits per heavy atom. The van der Waals surface area contributed by atoms with Crippen LogP contribution in [0.25, 0.3) is 0 Å². The van der Waals surface area contributed by atoms with E-state index in [1.165, 1.54) is 30.3 Å². The molecule has 0 aromatic heterocycles. The number of carbonyl (C=O) groups is 2. The summed E-state index contributed by atoms with van der Waals surface area (Å²) in [5.74, 6) is -1.42. The molecule has 0 radical (unpaired) electrons. The van der Waals surface area contributed by atoms with Crippen molar-refractivity contribution >= 4 is 29.2 Å². The molecule has 9 heteroatoms. The molecule has 0 atom stereocenters. The van der Waals surface area contributed by atoms with Crippen LogP contribution in [0.1, 0.15) is 22.8 Å². The minimum absolute atomic E-state index is 0.0911. The molecule has 136 valence electrons. The second-order valence-electron chi connectivity index (χ2n) is 5.27. The monoisotopic (exact) mass is 378 g/mol. The highest BCUT2D eigenvalue weighted by molar-refractivity contribution is 6.30. The van der Waals surface area contributed by atoms with E-state index >= 15 is 0 Å². The Morgan fingerprint density at radius 2 is 2.00 bits per heavy atom. The molecule has 0 unspecified atom stereocenters. The molecule has 1 amide bonds. The van der Waals surface area contributed by atoms with E-state index in [1.54, 1.807) is 6.92 Å². The Balaban J connectivity index is 2.37. The third-order valence-corrected chi connectivity index (χ3v) is 3.49. The van der Waals surface area contributed by atoms with Crippen molar-refractivity contribution in [1.29, 1.82) is 0 Å². The third-order valence-electron chi connectivity index (χ3n) is 3.27. The molecule has 2 aromatic rings. The summed E-state index contributed by atoms with van der Waals surface area (Å²) in [5, 5.41) is 23.0. The number of carboxylic acid groups (broad SMARTS) is 1. The average Bonchev–Trinajstić information content (AvgIpc) is 2.53. The highest BCUT2D eigenvalue weighted by atomic mass is 35.5. The van der Waals surface area contributed by atoms with Crippen molar-refractivity contribution < 1.29 is 24.4 Å². The first-order valence-electron chi connectivity index (χ1n) is 7.56. The maximum atomic E-state index is 11.8. The molecule has 0 spiro atoms. The number of carbonyl (C=O) groups excluding carboxylic acids is 1. The summed E-state index contributed by atoms with van der Waals surface area (Å²) in [7, 11) is 0. The summed E-state index contributed by atoms with van der Waals surface area (Å²) in [6.45, 7) is 2.12. The van der Waals surface area contributed by atoms with Gasteiger partial charge in [0.2, 0.25) is 5.75 Å². The number of aliphatic carboxylic acids is 1. The maximum absolute atomic E-state index is 11.8. The molecule has 0 aliphatic carbocycles. The van der Waals surface area contributed by atoms with Crippen LogP contribution in [-0.2, 0) is 11.2 Å². The largest absolute Gasteiger partial charge is 0.481 e. The van der Waals surface area contributed by atoms with E-state index in [0.29, 0.717) is 12.1 Å². The molecular weight excluding hydrogens is 364 g/mol. The summed E-state index contributed by atoms with van der Waals surface area (Å²) in [6.07, 6.45) is -0.269. The molecule has 0 saturated carbocycles. The fourth-order valence-electron chi connectivity index (χ4n) is 2.23. The normalized spacial score (nSPS) is 10.2. The second-order valence-corrected chi connectivity index (χ2v) is 5.70. The lowest BCUT2D eigenvalue weighted by Crippen LogP contribution is -2.22. The number of nitro groups is 1. The van der Waals surface area contributed by atoms with Crippen LogP contribution in [0.4, 0.5) is 5.69 Å². The lowest BCUT2D eigenvalue weighted by molar-refractivity contribution is -0.385. The highest BCUT2D eigenvalue weighted by Crippen LogP contribution is 2.33. The van der Waals surface area contributed by atoms with Crippen LogP contribution in [-0.4, -0.2) is 28.5 Å². The molecule has 2 aromatic carbocycles. The van der Waals surface area contributed by atoms with Gasteiger partial charge in [0.05, 0.1) is 11.3 Å². The third kappa shape index (κ3) is 4.93. The lowest BCUT2D eigenvalue weighted by Gasteiger charge is -2.10. The van der Waals surface area contributed by atoms with Gasteiger partial charge in [-0.15, -0.1) is 0 Å². The Morgan fingerprint density at radius 3 is 2.62 bits per heavy atom. The van der Waals surface area contributed by atoms with E-state index < -0.39 is 22.5 Å². The van der Waals surface area contributed by atoms with Crippen molar-refractivity contribution in [1.82, 2.24) is 5.32 Å². The van der Waals surface area contributed by atoms with E-state index in [9.17, 15) is 19.7 Å². The first-order valence-corrected chi connectivity index (χ1v) is 7.93. The minimum Gasteiger partial charge on any atom is -0.481 e. The van der Waals surface area contributed by atoms with E-state index in [-0.39, 0.29) is 28.5 Å². The van der Waals surface area contributed by atoms with E-state index in [0.717, 1.165) is 6.07 Å². The van der Waals surface area contributed by atoms with Crippen LogP contribution in [0.3, 0.4) is 0 Å². The molecule has 0 bridgehead atoms. The van der Waals surface area contributed by atoms with E-state index in [4.69, 9.17) is 21.4 Å². The lowest BCUT2D eigenvalue weighted by atomic mass is 10.1. The van der Waals surface area contributed by atoms with Gasteiger partial charge in [0, 0.05) is 23.2 Å². The summed E-state index contributed by atoms with van der Waals surface area (Å²) in [4.78, 5) is 33.3. The topological polar surface area (TPSA) is 119 Å². The van der Waals surface area contributed by atoms with Crippen molar-refractivity contribution in [3.8, 4) is 11.5 Å². The zero-order chi connectivity index (χ0) is 19.3. The van der Waals surface area contributed by atoms with Gasteiger partial charge in [-0.05, 0) is 42.8 Å². The number of halogens is 1. The van der Waals surface area contributed by atoms with Gasteiger partial charge in [-0.1, -0.05) is 11.6 Å². The predicted molar refractivity (Wildman–Crippen MR) is 94.0 cm³/mol. The van der Waals surface area contributed by atoms with Crippen LogP contribution < -0.4 is 10.1 Å². The number of hydrogen-bond acceptors (Lipinski definition) is 5. The van der Waals surface area contributed by atoms with Gasteiger partial charge in [0.15, 0.2) is 0 Å². The fourth-order valence-corrected chi connectivity index (χ4v) is 2.48. The number of rotatable bonds is 7. The van der Waals surface area contributed by atoms with Gasteiger partial charge < -0.3 is 15.2 Å². The average molecular weight is 379 g/mol. The SMILES string of the molecule is CCNC(=O)c1ccc(Oc2cc(Cl)cc(CC(=O)O)c2)c([N+](=O)[O-])c1. The number of nitrogens with zero attached hydrogens (tertiary/aromatic N) is 1. The number of hydrogen-bond donors (Lipinski definition) is 2. The quantitative estimate of drug-likeness (QED) is 0.562. The van der Waals surface area contributed by atoms with Gasteiger partial charge >= 0.3 is 11.7 Å². The van der Waals surface area contributed by atoms with Gasteiger partial charge in [-0.3, -0.25) is 19.7 Å². The van der Waals surface area contributed by atoms with Crippen molar-refractivity contribution in [3.63, 3.8) is 0 Å². The number of nitro benzene ring substituents is 1. The Bertz CT molecular complexity index is 868. The molecule has 0 aliphatic rings. The first-order chi connectivity index (χ1) is 12.3. The van der Waals surface area contributed by atoms with E-state index in [2.05, 4.69) is 5.32 Å². The smallest absolute Gasteiger partial charge is 0.312 e. The van der Waals surface area contributed by atoms with Crippen LogP contribution >= 0.6 is 11.6 Å². The van der Waals surface area contributed by atoms with Crippen molar-refractivity contribution in [2.24, 2.45) is 0 Å². The van der Waals surface area contributed by atoms with Crippen LogP contribution in [0.5, 0.6) is 11.5 Å². The van der Waals surface area contributed by atoms with Crippen LogP contribution in [0.15, 0.2) is 36.4 Å². The Kier molecular flexibility index (Phi) is 6.13. The molecule has 0 saturated heterocycles. The number of nitrogens with one attached hydrogen (secondary N) is 1. The number of benzene rings is 2. The summed E-state index contributed by atoms with van der Waals surface area (Å²) < 4.78 is 5.52. The van der Waals surface area contributed by atoms with Gasteiger partial charge in [0.25, 0.3) is 5.91 Å². The zero-order valence-corrected chi connectivity index (χ0v) is 14.4. The summed E-state index contributed by atoms with van der Waals surface area (Å²) in [5.41, 5.74) is 0.124. The second kappa shape index (κ2) is 8.30. The van der Waals surface area contributed by atoms with Gasteiger partial charge in [0.1, 0.15) is 5.75 Å². The Hall–Kier alpha value is -3.13. The molecular formula is C17H15ClN2O6. The van der Waals surface area contributed by atoms with Crippen molar-refractivity contribution in [2.75, 3.05) is 6.54 Å². The molecule has 0 fully saturated rings. The molecule has 26 heavy (non-hydrogen) atoms. The van der Waals surface area contributed by atoms with Gasteiger partial charge in [-0.2, -0.15) is 0 Å². The molecule has 2 N–H and O–H groups in total. The van der Waals surface area contributed by atoms with Gasteiger partial charge in [-0.25, -0.2) is 0 Å². The molecule has 0 aliphatic heterocycles. The number of ether oxygens (including phenoxy) is 1. The van der Waals surface area contributed by atoms with Crippen molar-refractivity contribution in [3.05, 3.63) is 62.7 Å². The highest BCUT2D eigenvalue weighted by Gasteiger charge is 2.19. The standard InChI is InChI=1S/C17H15ClN2O6/c1-2-19-17(23)11-3-4-15(14(8-11)20(24)25)26-13-6-10(7-16(21)22)5-12(18)9-13/h3-6,8-9H,2,7H2,1H3,(H,19,23)(H,21,22). The summed E-state index contributed by atoms with van der Waals surface area (Å²) >= 11 is 5.94. The summed E-state index contributed by atoms with van der Waals surface area (Å²) in [6, 6.07) is 8.13. The predicted octanol–water partition coefficient (Wildman–Crippen LogP) is 3.42. The molecule has 2 rings (SSSR count). The first kappa shape index (κ1) is 19.2. The fraction of sp³-hybridized carbons (Fsp3) is 0.176. The number of amides is 1. The Labute approximate surface area is 153 Å². The van der Waals surface area contributed by atoms with Crippen LogP contribution in [0.2, 0.25) is 5.02 Å². The van der Waals surface area contributed by atoms with Crippen molar-refractivity contribution in [2.45, 2.75) is 13.3 Å². The van der Waals surface area contributed by atoms with E-state index in [1.807, 2.05) is 0 Å². The minimum atomic E-state index is -1.05. The number of carboxylic acids is 1. The molecule has 0 heterocycles. The maximum Gasteiger partial charge on any atom is 0.312 e. The van der Waals surface area contributed by atoms with Crippen LogP contribution in [0, 0.1) is 10.1 Å². The zero-order valence-electron chi connectivity index (χ0n) is 13.7.